The fourth-order valence-corrected chi connectivity index (χ4v) is 3.57. The molecule has 1 aliphatic heterocycles. The van der Waals surface area contributed by atoms with E-state index in [-0.39, 0.29) is 5.91 Å². The Balaban J connectivity index is 1.75. The van der Waals surface area contributed by atoms with E-state index < -0.39 is 0 Å². The first-order valence-electron chi connectivity index (χ1n) is 8.56. The zero-order valence-electron chi connectivity index (χ0n) is 14.1. The predicted molar refractivity (Wildman–Crippen MR) is 95.7 cm³/mol. The topological polar surface area (TPSA) is 37.6 Å². The second kappa shape index (κ2) is 5.78. The molecule has 4 heteroatoms. The molecule has 3 aromatic rings. The molecule has 1 amide bonds. The highest BCUT2D eigenvalue weighted by atomic mass is 16.2. The van der Waals surface area contributed by atoms with Crippen molar-refractivity contribution in [2.24, 2.45) is 0 Å². The standard InChI is InChI=1S/C20H21N3O/c1-3-17-14(2)23-13-16(10-11-19(23)21-17)20(24)22-12-6-8-15-7-4-5-9-18(15)22/h4-5,7,9-11,13H,3,6,8,12H2,1-2H3. The number of aryl methyl sites for hydroxylation is 3. The number of rotatable bonds is 2. The number of imidazole rings is 1. The molecule has 1 aromatic carbocycles. The summed E-state index contributed by atoms with van der Waals surface area (Å²) in [5, 5.41) is 0. The summed E-state index contributed by atoms with van der Waals surface area (Å²) in [6, 6.07) is 12.0. The number of nitrogens with zero attached hydrogens (tertiary/aromatic N) is 3. The molecule has 0 N–H and O–H groups in total. The summed E-state index contributed by atoms with van der Waals surface area (Å²) < 4.78 is 2.03. The van der Waals surface area contributed by atoms with Crippen LogP contribution < -0.4 is 4.90 Å². The molecular formula is C20H21N3O. The van der Waals surface area contributed by atoms with E-state index in [1.807, 2.05) is 45.8 Å². The number of hydrogen-bond acceptors (Lipinski definition) is 2. The smallest absolute Gasteiger partial charge is 0.259 e. The van der Waals surface area contributed by atoms with E-state index in [9.17, 15) is 4.79 Å². The van der Waals surface area contributed by atoms with Crippen LogP contribution >= 0.6 is 0 Å². The van der Waals surface area contributed by atoms with Crippen LogP contribution in [0.5, 0.6) is 0 Å². The largest absolute Gasteiger partial charge is 0.308 e. The fraction of sp³-hybridized carbons (Fsp3) is 0.300. The van der Waals surface area contributed by atoms with E-state index in [0.29, 0.717) is 5.56 Å². The van der Waals surface area contributed by atoms with Gasteiger partial charge in [-0.25, -0.2) is 4.98 Å². The van der Waals surface area contributed by atoms with Gasteiger partial charge in [0.25, 0.3) is 5.91 Å². The highest BCUT2D eigenvalue weighted by molar-refractivity contribution is 6.06. The summed E-state index contributed by atoms with van der Waals surface area (Å²) in [5.41, 5.74) is 6.11. The summed E-state index contributed by atoms with van der Waals surface area (Å²) in [5.74, 6) is 0.0650. The van der Waals surface area contributed by atoms with Crippen molar-refractivity contribution >= 4 is 17.2 Å². The second-order valence-corrected chi connectivity index (χ2v) is 6.33. The van der Waals surface area contributed by atoms with E-state index >= 15 is 0 Å². The summed E-state index contributed by atoms with van der Waals surface area (Å²) in [7, 11) is 0. The van der Waals surface area contributed by atoms with Gasteiger partial charge >= 0.3 is 0 Å². The Bertz CT molecular complexity index is 926. The van der Waals surface area contributed by atoms with Crippen molar-refractivity contribution in [3.63, 3.8) is 0 Å². The maximum Gasteiger partial charge on any atom is 0.259 e. The first-order valence-corrected chi connectivity index (χ1v) is 8.56. The van der Waals surface area contributed by atoms with Crippen molar-refractivity contribution in [1.29, 1.82) is 0 Å². The predicted octanol–water partition coefficient (Wildman–Crippen LogP) is 3.80. The quantitative estimate of drug-likeness (QED) is 0.720. The highest BCUT2D eigenvalue weighted by Crippen LogP contribution is 2.28. The minimum atomic E-state index is 0.0650. The summed E-state index contributed by atoms with van der Waals surface area (Å²) in [4.78, 5) is 19.6. The van der Waals surface area contributed by atoms with Crippen molar-refractivity contribution in [1.82, 2.24) is 9.38 Å². The molecule has 0 saturated heterocycles. The van der Waals surface area contributed by atoms with Crippen molar-refractivity contribution in [2.45, 2.75) is 33.1 Å². The first-order chi connectivity index (χ1) is 11.7. The maximum absolute atomic E-state index is 13.1. The third-order valence-electron chi connectivity index (χ3n) is 4.89. The van der Waals surface area contributed by atoms with Gasteiger partial charge in [-0.3, -0.25) is 4.79 Å². The number of fused-ring (bicyclic) bond motifs is 2. The number of carbonyl (C=O) groups excluding carboxylic acids is 1. The van der Waals surface area contributed by atoms with Crippen molar-refractivity contribution in [3.05, 3.63) is 65.1 Å². The molecule has 3 heterocycles. The molecule has 0 bridgehead atoms. The van der Waals surface area contributed by atoms with Crippen LogP contribution in [0.25, 0.3) is 5.65 Å². The number of pyridine rings is 1. The molecule has 0 saturated carbocycles. The molecule has 2 aromatic heterocycles. The average molecular weight is 319 g/mol. The minimum Gasteiger partial charge on any atom is -0.308 e. The highest BCUT2D eigenvalue weighted by Gasteiger charge is 2.23. The third kappa shape index (κ3) is 2.30. The van der Waals surface area contributed by atoms with Crippen molar-refractivity contribution in [3.8, 4) is 0 Å². The Morgan fingerprint density at radius 1 is 1.21 bits per heavy atom. The third-order valence-corrected chi connectivity index (χ3v) is 4.89. The number of anilines is 1. The number of aromatic nitrogens is 2. The Kier molecular flexibility index (Phi) is 3.60. The van der Waals surface area contributed by atoms with E-state index in [1.165, 1.54) is 5.56 Å². The first kappa shape index (κ1) is 14.9. The van der Waals surface area contributed by atoms with Crippen molar-refractivity contribution < 1.29 is 4.79 Å². The lowest BCUT2D eigenvalue weighted by Gasteiger charge is -2.29. The number of benzene rings is 1. The van der Waals surface area contributed by atoms with Crippen molar-refractivity contribution in [2.75, 3.05) is 11.4 Å². The Morgan fingerprint density at radius 3 is 2.88 bits per heavy atom. The molecular weight excluding hydrogens is 298 g/mol. The summed E-state index contributed by atoms with van der Waals surface area (Å²) in [6.07, 6.45) is 4.88. The lowest BCUT2D eigenvalue weighted by atomic mass is 10.0. The molecule has 1 aliphatic rings. The van der Waals surface area contributed by atoms with Crippen LogP contribution in [0.4, 0.5) is 5.69 Å². The van der Waals surface area contributed by atoms with Gasteiger partial charge in [-0.05, 0) is 49.9 Å². The Hall–Kier alpha value is -2.62. The van der Waals surface area contributed by atoms with Crippen LogP contribution in [-0.4, -0.2) is 21.8 Å². The second-order valence-electron chi connectivity index (χ2n) is 6.33. The van der Waals surface area contributed by atoms with Crippen LogP contribution in [0.2, 0.25) is 0 Å². The molecule has 0 fully saturated rings. The molecule has 4 nitrogen and oxygen atoms in total. The average Bonchev–Trinajstić information content (AvgIpc) is 2.96. The van der Waals surface area contributed by atoms with Crippen LogP contribution in [-0.2, 0) is 12.8 Å². The van der Waals surface area contributed by atoms with Gasteiger partial charge in [-0.1, -0.05) is 25.1 Å². The molecule has 4 rings (SSSR count). The molecule has 0 spiro atoms. The Labute approximate surface area is 141 Å². The van der Waals surface area contributed by atoms with Gasteiger partial charge in [0.05, 0.1) is 11.3 Å². The summed E-state index contributed by atoms with van der Waals surface area (Å²) in [6.45, 7) is 4.94. The molecule has 0 unspecified atom stereocenters. The lowest BCUT2D eigenvalue weighted by Crippen LogP contribution is -2.35. The van der Waals surface area contributed by atoms with Gasteiger partial charge in [-0.15, -0.1) is 0 Å². The zero-order valence-corrected chi connectivity index (χ0v) is 14.1. The van der Waals surface area contributed by atoms with Gasteiger partial charge in [0.15, 0.2) is 0 Å². The molecule has 0 aliphatic carbocycles. The Morgan fingerprint density at radius 2 is 2.04 bits per heavy atom. The van der Waals surface area contributed by atoms with Gasteiger partial charge in [-0.2, -0.15) is 0 Å². The van der Waals surface area contributed by atoms with Crippen LogP contribution in [0, 0.1) is 6.92 Å². The van der Waals surface area contributed by atoms with Gasteiger partial charge < -0.3 is 9.30 Å². The number of para-hydroxylation sites is 1. The maximum atomic E-state index is 13.1. The number of carbonyl (C=O) groups is 1. The lowest BCUT2D eigenvalue weighted by molar-refractivity contribution is 0.0984. The molecule has 24 heavy (non-hydrogen) atoms. The SMILES string of the molecule is CCc1nc2ccc(C(=O)N3CCCc4ccccc43)cn2c1C. The molecule has 0 atom stereocenters. The van der Waals surface area contributed by atoms with Gasteiger partial charge in [0.1, 0.15) is 5.65 Å². The van der Waals surface area contributed by atoms with Crippen LogP contribution in [0.15, 0.2) is 42.6 Å². The molecule has 122 valence electrons. The normalized spacial score (nSPS) is 14.0. The zero-order chi connectivity index (χ0) is 16.7. The molecule has 0 radical (unpaired) electrons. The van der Waals surface area contributed by atoms with Gasteiger partial charge in [0, 0.05) is 24.1 Å². The summed E-state index contributed by atoms with van der Waals surface area (Å²) >= 11 is 0. The fourth-order valence-electron chi connectivity index (χ4n) is 3.57. The van der Waals surface area contributed by atoms with Crippen LogP contribution in [0.1, 0.15) is 40.7 Å². The van der Waals surface area contributed by atoms with E-state index in [1.54, 1.807) is 0 Å². The monoisotopic (exact) mass is 319 g/mol. The van der Waals surface area contributed by atoms with E-state index in [4.69, 9.17) is 0 Å². The number of amides is 1. The van der Waals surface area contributed by atoms with E-state index in [2.05, 4.69) is 24.9 Å². The number of hydrogen-bond donors (Lipinski definition) is 0. The van der Waals surface area contributed by atoms with Gasteiger partial charge in [0.2, 0.25) is 0 Å². The minimum absolute atomic E-state index is 0.0650. The van der Waals surface area contributed by atoms with Crippen LogP contribution in [0.3, 0.4) is 0 Å². The van der Waals surface area contributed by atoms with E-state index in [0.717, 1.165) is 48.5 Å².